The summed E-state index contributed by atoms with van der Waals surface area (Å²) in [7, 11) is 0. The van der Waals surface area contributed by atoms with E-state index in [9.17, 15) is 0 Å². The van der Waals surface area contributed by atoms with Crippen molar-refractivity contribution in [1.82, 2.24) is 9.97 Å². The van der Waals surface area contributed by atoms with E-state index in [0.717, 1.165) is 47.1 Å². The summed E-state index contributed by atoms with van der Waals surface area (Å²) in [6.45, 7) is 0. The lowest BCUT2D eigenvalue weighted by molar-refractivity contribution is 0.749. The van der Waals surface area contributed by atoms with E-state index in [2.05, 4.69) is 16.0 Å². The van der Waals surface area contributed by atoms with Crippen LogP contribution in [0.15, 0.2) is 36.7 Å². The minimum atomic E-state index is 0.763. The molecule has 0 spiro atoms. The fourth-order valence-electron chi connectivity index (χ4n) is 1.90. The van der Waals surface area contributed by atoms with Crippen LogP contribution in [0, 0.1) is 0 Å². The molecule has 0 aliphatic heterocycles. The second-order valence-electron chi connectivity index (χ2n) is 4.32. The molecular formula is C15H16Cl2N2. The van der Waals surface area contributed by atoms with Crippen LogP contribution in [-0.2, 0) is 6.42 Å². The van der Waals surface area contributed by atoms with Crippen LogP contribution in [0.5, 0.6) is 0 Å². The van der Waals surface area contributed by atoms with Crippen LogP contribution < -0.4 is 0 Å². The van der Waals surface area contributed by atoms with Crippen molar-refractivity contribution >= 4 is 29.3 Å². The van der Waals surface area contributed by atoms with Crippen molar-refractivity contribution < 1.29 is 0 Å². The van der Waals surface area contributed by atoms with Crippen molar-refractivity contribution in [2.75, 3.05) is 0 Å². The molecule has 1 N–H and O–H groups in total. The van der Waals surface area contributed by atoms with Crippen molar-refractivity contribution in [3.63, 3.8) is 0 Å². The molecule has 1 aromatic carbocycles. The zero-order valence-corrected chi connectivity index (χ0v) is 12.1. The first-order valence-corrected chi connectivity index (χ1v) is 7.12. The Morgan fingerprint density at radius 3 is 2.63 bits per heavy atom. The van der Waals surface area contributed by atoms with Gasteiger partial charge in [0.05, 0.1) is 0 Å². The van der Waals surface area contributed by atoms with Gasteiger partial charge in [-0.15, -0.1) is 0 Å². The Labute approximate surface area is 123 Å². The van der Waals surface area contributed by atoms with Crippen LogP contribution >= 0.6 is 23.2 Å². The molecule has 0 atom stereocenters. The number of aromatic nitrogens is 2. The molecule has 19 heavy (non-hydrogen) atoms. The smallest absolute Gasteiger partial charge is 0.129 e. The Balaban J connectivity index is 1.72. The molecule has 1 heterocycles. The largest absolute Gasteiger partial charge is 0.345 e. The maximum absolute atomic E-state index is 6.13. The van der Waals surface area contributed by atoms with Gasteiger partial charge < -0.3 is 4.98 Å². The second kappa shape index (κ2) is 7.37. The summed E-state index contributed by atoms with van der Waals surface area (Å²) in [4.78, 5) is 7.16. The Morgan fingerprint density at radius 2 is 1.95 bits per heavy atom. The van der Waals surface area contributed by atoms with E-state index < -0.39 is 0 Å². The highest BCUT2D eigenvalue weighted by Crippen LogP contribution is 2.25. The average Bonchev–Trinajstić information content (AvgIpc) is 2.89. The summed E-state index contributed by atoms with van der Waals surface area (Å²) in [5.74, 6) is 0.897. The molecule has 0 bridgehead atoms. The van der Waals surface area contributed by atoms with Crippen molar-refractivity contribution in [1.29, 1.82) is 0 Å². The van der Waals surface area contributed by atoms with Crippen LogP contribution in [0.1, 0.15) is 30.7 Å². The second-order valence-corrected chi connectivity index (χ2v) is 5.14. The highest BCUT2D eigenvalue weighted by molar-refractivity contribution is 6.35. The lowest BCUT2D eigenvalue weighted by Crippen LogP contribution is -1.88. The first kappa shape index (κ1) is 14.2. The number of aromatic amines is 1. The van der Waals surface area contributed by atoms with Crippen LogP contribution in [0.2, 0.25) is 10.0 Å². The number of nitrogens with one attached hydrogen (secondary N) is 1. The number of hydrogen-bond acceptors (Lipinski definition) is 1. The lowest BCUT2D eigenvalue weighted by atomic mass is 10.1. The first-order chi connectivity index (χ1) is 9.27. The highest BCUT2D eigenvalue weighted by atomic mass is 35.5. The van der Waals surface area contributed by atoms with Crippen molar-refractivity contribution in [3.8, 4) is 0 Å². The molecule has 4 heteroatoms. The van der Waals surface area contributed by atoms with Crippen LogP contribution in [0.3, 0.4) is 0 Å². The Bertz CT molecular complexity index is 513. The molecule has 2 aromatic rings. The highest BCUT2D eigenvalue weighted by Gasteiger charge is 2.04. The molecular weight excluding hydrogens is 279 g/mol. The SMILES string of the molecule is Clc1cccc(Cl)c1CCCC/C=C/c1ncc[nH]1. The lowest BCUT2D eigenvalue weighted by Gasteiger charge is -2.05. The van der Waals surface area contributed by atoms with E-state index in [0.29, 0.717) is 0 Å². The van der Waals surface area contributed by atoms with E-state index in [-0.39, 0.29) is 0 Å². The summed E-state index contributed by atoms with van der Waals surface area (Å²) >= 11 is 12.3. The van der Waals surface area contributed by atoms with Crippen LogP contribution in [-0.4, -0.2) is 9.97 Å². The van der Waals surface area contributed by atoms with E-state index in [1.54, 1.807) is 6.20 Å². The standard InChI is InChI=1S/C15H16Cl2N2/c16-13-7-5-8-14(17)12(13)6-3-1-2-4-9-15-18-10-11-19-15/h4-5,7-11H,1-3,6H2,(H,18,19)/b9-4+. The third-order valence-corrected chi connectivity index (χ3v) is 3.61. The maximum Gasteiger partial charge on any atom is 0.129 e. The van der Waals surface area contributed by atoms with Gasteiger partial charge in [-0.05, 0) is 49.5 Å². The van der Waals surface area contributed by atoms with Crippen molar-refractivity contribution in [2.45, 2.75) is 25.7 Å². The van der Waals surface area contributed by atoms with Gasteiger partial charge >= 0.3 is 0 Å². The molecule has 0 saturated heterocycles. The summed E-state index contributed by atoms with van der Waals surface area (Å²) in [5.41, 5.74) is 1.06. The van der Waals surface area contributed by atoms with Gasteiger partial charge in [0.1, 0.15) is 5.82 Å². The van der Waals surface area contributed by atoms with Gasteiger partial charge in [0.25, 0.3) is 0 Å². The number of unbranched alkanes of at least 4 members (excludes halogenated alkanes) is 2. The quantitative estimate of drug-likeness (QED) is 0.734. The predicted octanol–water partition coefficient (Wildman–Crippen LogP) is 5.14. The van der Waals surface area contributed by atoms with E-state index in [1.165, 1.54) is 0 Å². The van der Waals surface area contributed by atoms with Gasteiger partial charge in [-0.2, -0.15) is 0 Å². The zero-order chi connectivity index (χ0) is 13.5. The zero-order valence-electron chi connectivity index (χ0n) is 10.6. The Kier molecular flexibility index (Phi) is 5.49. The fraction of sp³-hybridized carbons (Fsp3) is 0.267. The van der Waals surface area contributed by atoms with Crippen molar-refractivity contribution in [3.05, 3.63) is 58.1 Å². The summed E-state index contributed by atoms with van der Waals surface area (Å²) in [6, 6.07) is 5.65. The first-order valence-electron chi connectivity index (χ1n) is 6.36. The van der Waals surface area contributed by atoms with Gasteiger partial charge in [-0.25, -0.2) is 4.98 Å². The van der Waals surface area contributed by atoms with Gasteiger partial charge in [0.15, 0.2) is 0 Å². The number of halogens is 2. The molecule has 0 amide bonds. The third-order valence-electron chi connectivity index (χ3n) is 2.90. The Morgan fingerprint density at radius 1 is 1.16 bits per heavy atom. The number of H-pyrrole nitrogens is 1. The predicted molar refractivity (Wildman–Crippen MR) is 81.6 cm³/mol. The minimum absolute atomic E-state index is 0.763. The molecule has 1 aromatic heterocycles. The van der Waals surface area contributed by atoms with Gasteiger partial charge in [-0.1, -0.05) is 35.3 Å². The van der Waals surface area contributed by atoms with E-state index in [1.807, 2.05) is 30.5 Å². The molecule has 0 aliphatic rings. The maximum atomic E-state index is 6.13. The third kappa shape index (κ3) is 4.41. The van der Waals surface area contributed by atoms with Crippen LogP contribution in [0.4, 0.5) is 0 Å². The van der Waals surface area contributed by atoms with Crippen molar-refractivity contribution in [2.24, 2.45) is 0 Å². The molecule has 0 radical (unpaired) electrons. The normalized spacial score (nSPS) is 11.3. The monoisotopic (exact) mass is 294 g/mol. The van der Waals surface area contributed by atoms with Gasteiger partial charge in [0.2, 0.25) is 0 Å². The number of allylic oxidation sites excluding steroid dienone is 1. The van der Waals surface area contributed by atoms with E-state index in [4.69, 9.17) is 23.2 Å². The fourth-order valence-corrected chi connectivity index (χ4v) is 2.49. The number of hydrogen-bond donors (Lipinski definition) is 1. The number of nitrogens with zero attached hydrogens (tertiary/aromatic N) is 1. The summed E-state index contributed by atoms with van der Waals surface area (Å²) < 4.78 is 0. The van der Waals surface area contributed by atoms with Crippen LogP contribution in [0.25, 0.3) is 6.08 Å². The molecule has 0 fully saturated rings. The molecule has 2 rings (SSSR count). The van der Waals surface area contributed by atoms with E-state index >= 15 is 0 Å². The molecule has 100 valence electrons. The van der Waals surface area contributed by atoms with Gasteiger partial charge in [0, 0.05) is 22.4 Å². The summed E-state index contributed by atoms with van der Waals surface area (Å²) in [5, 5.41) is 1.53. The minimum Gasteiger partial charge on any atom is -0.345 e. The Hall–Kier alpha value is -1.25. The topological polar surface area (TPSA) is 28.7 Å². The average molecular weight is 295 g/mol. The summed E-state index contributed by atoms with van der Waals surface area (Å²) in [6.07, 6.45) is 11.8. The molecule has 2 nitrogen and oxygen atoms in total. The number of imidazole rings is 1. The number of rotatable bonds is 6. The molecule has 0 aliphatic carbocycles. The number of benzene rings is 1. The molecule has 0 saturated carbocycles. The molecule has 0 unspecified atom stereocenters. The van der Waals surface area contributed by atoms with Gasteiger partial charge in [-0.3, -0.25) is 0 Å².